The summed E-state index contributed by atoms with van der Waals surface area (Å²) < 4.78 is 10.9. The van der Waals surface area contributed by atoms with E-state index in [2.05, 4.69) is 13.8 Å². The Kier molecular flexibility index (Phi) is 3.53. The maximum atomic E-state index is 6.46. The Labute approximate surface area is 108 Å². The molecule has 0 radical (unpaired) electrons. The lowest BCUT2D eigenvalue weighted by atomic mass is 9.80. The molecule has 1 aliphatic rings. The van der Waals surface area contributed by atoms with Gasteiger partial charge in [0.05, 0.1) is 19.6 Å². The van der Waals surface area contributed by atoms with Crippen LogP contribution in [0.25, 0.3) is 0 Å². The zero-order chi connectivity index (χ0) is 12.6. The molecule has 0 aliphatic heterocycles. The Bertz CT molecular complexity index is 429. The molecule has 2 nitrogen and oxygen atoms in total. The summed E-state index contributed by atoms with van der Waals surface area (Å²) in [6.45, 7) is 4.37. The van der Waals surface area contributed by atoms with Crippen LogP contribution in [0.3, 0.4) is 0 Å². The molecule has 0 N–H and O–H groups in total. The Morgan fingerprint density at radius 2 is 1.88 bits per heavy atom. The van der Waals surface area contributed by atoms with Gasteiger partial charge in [0, 0.05) is 5.56 Å². The molecule has 0 aromatic heterocycles. The molecular weight excluding hydrogens is 236 g/mol. The number of fused-ring (bicyclic) bond motifs is 1. The van der Waals surface area contributed by atoms with Gasteiger partial charge in [-0.3, -0.25) is 0 Å². The van der Waals surface area contributed by atoms with E-state index in [-0.39, 0.29) is 5.38 Å². The summed E-state index contributed by atoms with van der Waals surface area (Å²) >= 11 is 6.46. The predicted molar refractivity (Wildman–Crippen MR) is 70.5 cm³/mol. The maximum Gasteiger partial charge on any atom is 0.165 e. The summed E-state index contributed by atoms with van der Waals surface area (Å²) in [6.07, 6.45) is 2.14. The van der Waals surface area contributed by atoms with Crippen LogP contribution in [0.4, 0.5) is 0 Å². The van der Waals surface area contributed by atoms with E-state index in [0.29, 0.717) is 5.92 Å². The largest absolute Gasteiger partial charge is 0.493 e. The van der Waals surface area contributed by atoms with Crippen LogP contribution in [-0.2, 0) is 0 Å². The van der Waals surface area contributed by atoms with Crippen molar-refractivity contribution in [2.45, 2.75) is 38.0 Å². The summed E-state index contributed by atoms with van der Waals surface area (Å²) in [5, 5.41) is 0.0324. The van der Waals surface area contributed by atoms with E-state index in [4.69, 9.17) is 21.1 Å². The van der Waals surface area contributed by atoms with Crippen LogP contribution in [0.1, 0.15) is 47.8 Å². The highest BCUT2D eigenvalue weighted by Gasteiger charge is 2.30. The van der Waals surface area contributed by atoms with Crippen molar-refractivity contribution in [1.29, 1.82) is 0 Å². The van der Waals surface area contributed by atoms with E-state index in [1.165, 1.54) is 11.1 Å². The molecule has 0 bridgehead atoms. The number of ether oxygens (including phenoxy) is 2. The molecule has 0 saturated heterocycles. The molecule has 1 aromatic carbocycles. The van der Waals surface area contributed by atoms with E-state index in [1.807, 2.05) is 6.07 Å². The summed E-state index contributed by atoms with van der Waals surface area (Å²) in [5.74, 6) is 2.13. The van der Waals surface area contributed by atoms with Gasteiger partial charge in [-0.25, -0.2) is 0 Å². The minimum Gasteiger partial charge on any atom is -0.493 e. The van der Waals surface area contributed by atoms with Gasteiger partial charge in [0.1, 0.15) is 0 Å². The van der Waals surface area contributed by atoms with Crippen molar-refractivity contribution < 1.29 is 9.47 Å². The monoisotopic (exact) mass is 254 g/mol. The number of hydrogen-bond donors (Lipinski definition) is 0. The number of hydrogen-bond acceptors (Lipinski definition) is 2. The summed E-state index contributed by atoms with van der Waals surface area (Å²) in [5.41, 5.74) is 3.72. The highest BCUT2D eigenvalue weighted by Crippen LogP contribution is 2.49. The van der Waals surface area contributed by atoms with E-state index < -0.39 is 0 Å². The average molecular weight is 255 g/mol. The van der Waals surface area contributed by atoms with Crippen molar-refractivity contribution in [1.82, 2.24) is 0 Å². The predicted octanol–water partition coefficient (Wildman–Crippen LogP) is 4.19. The number of rotatable bonds is 2. The third-order valence-corrected chi connectivity index (χ3v) is 4.05. The summed E-state index contributed by atoms with van der Waals surface area (Å²) in [6, 6.07) is 2.04. The van der Waals surface area contributed by atoms with E-state index in [0.717, 1.165) is 29.9 Å². The van der Waals surface area contributed by atoms with Crippen molar-refractivity contribution in [3.63, 3.8) is 0 Å². The molecule has 2 unspecified atom stereocenters. The molecule has 94 valence electrons. The van der Waals surface area contributed by atoms with Crippen LogP contribution < -0.4 is 9.47 Å². The third kappa shape index (κ3) is 1.99. The standard InChI is InChI=1S/C14H19ClO2/c1-8-5-6-10(15)13-12(8)9(2)7-11(16-3)14(13)17-4/h7-8,10H,5-6H2,1-4H3. The molecule has 2 atom stereocenters. The fourth-order valence-electron chi connectivity index (χ4n) is 2.82. The highest BCUT2D eigenvalue weighted by atomic mass is 35.5. The van der Waals surface area contributed by atoms with Crippen LogP contribution in [0.15, 0.2) is 6.07 Å². The summed E-state index contributed by atoms with van der Waals surface area (Å²) in [4.78, 5) is 0. The number of halogens is 1. The molecule has 0 amide bonds. The molecule has 1 aromatic rings. The molecular formula is C14H19ClO2. The Morgan fingerprint density at radius 1 is 1.18 bits per heavy atom. The van der Waals surface area contributed by atoms with Crippen LogP contribution in [0, 0.1) is 6.92 Å². The molecule has 17 heavy (non-hydrogen) atoms. The maximum absolute atomic E-state index is 6.46. The fraction of sp³-hybridized carbons (Fsp3) is 0.571. The van der Waals surface area contributed by atoms with Gasteiger partial charge in [-0.2, -0.15) is 0 Å². The van der Waals surface area contributed by atoms with E-state index in [9.17, 15) is 0 Å². The lowest BCUT2D eigenvalue weighted by Crippen LogP contribution is -2.13. The second-order valence-electron chi connectivity index (χ2n) is 4.70. The lowest BCUT2D eigenvalue weighted by Gasteiger charge is -2.30. The quantitative estimate of drug-likeness (QED) is 0.737. The first-order chi connectivity index (χ1) is 8.10. The first kappa shape index (κ1) is 12.6. The minimum absolute atomic E-state index is 0.0324. The molecule has 3 heteroatoms. The first-order valence-corrected chi connectivity index (χ1v) is 6.43. The first-order valence-electron chi connectivity index (χ1n) is 5.99. The zero-order valence-corrected chi connectivity index (χ0v) is 11.6. The third-order valence-electron chi connectivity index (χ3n) is 3.61. The zero-order valence-electron chi connectivity index (χ0n) is 10.8. The fourth-order valence-corrected chi connectivity index (χ4v) is 3.16. The average Bonchev–Trinajstić information content (AvgIpc) is 2.32. The van der Waals surface area contributed by atoms with Crippen LogP contribution in [0.5, 0.6) is 11.5 Å². The van der Waals surface area contributed by atoms with Crippen molar-refractivity contribution in [2.24, 2.45) is 0 Å². The molecule has 0 spiro atoms. The van der Waals surface area contributed by atoms with Crippen LogP contribution >= 0.6 is 11.6 Å². The van der Waals surface area contributed by atoms with Gasteiger partial charge in [0.2, 0.25) is 0 Å². The smallest absolute Gasteiger partial charge is 0.165 e. The van der Waals surface area contributed by atoms with Gasteiger partial charge in [0.25, 0.3) is 0 Å². The van der Waals surface area contributed by atoms with E-state index >= 15 is 0 Å². The molecule has 0 heterocycles. The van der Waals surface area contributed by atoms with Crippen molar-refractivity contribution in [3.05, 3.63) is 22.8 Å². The number of aryl methyl sites for hydroxylation is 1. The summed E-state index contributed by atoms with van der Waals surface area (Å²) in [7, 11) is 3.34. The van der Waals surface area contributed by atoms with Crippen molar-refractivity contribution in [3.8, 4) is 11.5 Å². The SMILES string of the molecule is COc1cc(C)c2c(c1OC)C(Cl)CCC2C. The minimum atomic E-state index is 0.0324. The Morgan fingerprint density at radius 3 is 2.47 bits per heavy atom. The van der Waals surface area contributed by atoms with Gasteiger partial charge < -0.3 is 9.47 Å². The van der Waals surface area contributed by atoms with Crippen LogP contribution in [0.2, 0.25) is 0 Å². The van der Waals surface area contributed by atoms with Gasteiger partial charge in [-0.15, -0.1) is 11.6 Å². The topological polar surface area (TPSA) is 18.5 Å². The van der Waals surface area contributed by atoms with Crippen LogP contribution in [-0.4, -0.2) is 14.2 Å². The highest BCUT2D eigenvalue weighted by molar-refractivity contribution is 6.21. The molecule has 0 fully saturated rings. The van der Waals surface area contributed by atoms with Gasteiger partial charge in [-0.05, 0) is 42.9 Å². The number of benzene rings is 1. The Hall–Kier alpha value is -0.890. The number of alkyl halides is 1. The number of methoxy groups -OCH3 is 2. The molecule has 2 rings (SSSR count). The molecule has 0 saturated carbocycles. The second kappa shape index (κ2) is 4.77. The van der Waals surface area contributed by atoms with Gasteiger partial charge in [-0.1, -0.05) is 6.92 Å². The normalized spacial score (nSPS) is 23.1. The van der Waals surface area contributed by atoms with E-state index in [1.54, 1.807) is 14.2 Å². The molecule has 1 aliphatic carbocycles. The lowest BCUT2D eigenvalue weighted by molar-refractivity contribution is 0.347. The van der Waals surface area contributed by atoms with Crippen molar-refractivity contribution >= 4 is 11.6 Å². The van der Waals surface area contributed by atoms with Gasteiger partial charge in [0.15, 0.2) is 11.5 Å². The van der Waals surface area contributed by atoms with Crippen molar-refractivity contribution in [2.75, 3.05) is 14.2 Å². The van der Waals surface area contributed by atoms with Gasteiger partial charge >= 0.3 is 0 Å². The second-order valence-corrected chi connectivity index (χ2v) is 5.23. The Balaban J connectivity index is 2.70.